The number of carbonyl (C=O) groups is 1. The molecule has 0 aliphatic heterocycles. The number of hydrogen-bond acceptors (Lipinski definition) is 3. The normalized spacial score (nSPS) is 16.4. The molecule has 2 aromatic heterocycles. The van der Waals surface area contributed by atoms with Gasteiger partial charge in [0, 0.05) is 24.7 Å². The van der Waals surface area contributed by atoms with Crippen molar-refractivity contribution in [2.24, 2.45) is 7.05 Å². The van der Waals surface area contributed by atoms with Crippen LogP contribution in [0.2, 0.25) is 0 Å². The Kier molecular flexibility index (Phi) is 4.50. The maximum Gasteiger partial charge on any atom is 0.277 e. The summed E-state index contributed by atoms with van der Waals surface area (Å²) in [7, 11) is 1.76. The molecule has 1 amide bonds. The number of rotatable bonds is 3. The summed E-state index contributed by atoms with van der Waals surface area (Å²) in [4.78, 5) is 24.8. The van der Waals surface area contributed by atoms with Crippen molar-refractivity contribution in [3.8, 4) is 0 Å². The predicted octanol–water partition coefficient (Wildman–Crippen LogP) is 1.88. The first kappa shape index (κ1) is 15.8. The van der Waals surface area contributed by atoms with E-state index in [1.807, 2.05) is 13.0 Å². The van der Waals surface area contributed by atoms with Crippen molar-refractivity contribution >= 4 is 16.8 Å². The van der Waals surface area contributed by atoms with Gasteiger partial charge >= 0.3 is 0 Å². The van der Waals surface area contributed by atoms with Crippen LogP contribution in [0.15, 0.2) is 17.1 Å². The van der Waals surface area contributed by atoms with Gasteiger partial charge in [-0.3, -0.25) is 14.3 Å². The molecule has 0 bridgehead atoms. The van der Waals surface area contributed by atoms with Gasteiger partial charge in [0.2, 0.25) is 5.91 Å². The van der Waals surface area contributed by atoms with Gasteiger partial charge in [-0.15, -0.1) is 0 Å². The Labute approximate surface area is 135 Å². The fraction of sp³-hybridized carbons (Fsp3) is 0.588. The second kappa shape index (κ2) is 6.56. The summed E-state index contributed by atoms with van der Waals surface area (Å²) in [5, 5.41) is 8.20. The number of hydrogen-bond donors (Lipinski definition) is 1. The van der Waals surface area contributed by atoms with E-state index in [0.29, 0.717) is 5.52 Å². The van der Waals surface area contributed by atoms with Crippen LogP contribution in [0.3, 0.4) is 0 Å². The van der Waals surface area contributed by atoms with E-state index < -0.39 is 0 Å². The van der Waals surface area contributed by atoms with Crippen molar-refractivity contribution in [2.45, 2.75) is 58.0 Å². The molecule has 124 valence electrons. The molecule has 0 radical (unpaired) electrons. The standard InChI is InChI=1S/C17H24N4O2/c1-12-14-9-10-21(17(23)16(14)20(2)19-12)11-15(22)18-13-7-5-3-4-6-8-13/h9-10,13H,3-8,11H2,1-2H3,(H,18,22). The van der Waals surface area contributed by atoms with Gasteiger partial charge in [0.25, 0.3) is 5.56 Å². The fourth-order valence-electron chi connectivity index (χ4n) is 3.47. The molecule has 6 nitrogen and oxygen atoms in total. The minimum absolute atomic E-state index is 0.0650. The average molecular weight is 316 g/mol. The number of aryl methyl sites for hydroxylation is 2. The molecule has 6 heteroatoms. The zero-order valence-corrected chi connectivity index (χ0v) is 13.8. The molecule has 0 unspecified atom stereocenters. The lowest BCUT2D eigenvalue weighted by Crippen LogP contribution is -2.38. The van der Waals surface area contributed by atoms with E-state index in [4.69, 9.17) is 0 Å². The maximum atomic E-state index is 12.6. The van der Waals surface area contributed by atoms with Crippen molar-refractivity contribution in [1.29, 1.82) is 0 Å². The van der Waals surface area contributed by atoms with E-state index in [1.54, 1.807) is 17.9 Å². The maximum absolute atomic E-state index is 12.6. The first-order chi connectivity index (χ1) is 11.1. The van der Waals surface area contributed by atoms with Crippen LogP contribution in [0.5, 0.6) is 0 Å². The van der Waals surface area contributed by atoms with Gasteiger partial charge in [-0.2, -0.15) is 5.10 Å². The molecule has 1 fully saturated rings. The van der Waals surface area contributed by atoms with Gasteiger partial charge in [-0.1, -0.05) is 25.7 Å². The molecular formula is C17H24N4O2. The smallest absolute Gasteiger partial charge is 0.277 e. The van der Waals surface area contributed by atoms with Crippen LogP contribution in [0.25, 0.3) is 10.9 Å². The highest BCUT2D eigenvalue weighted by atomic mass is 16.2. The van der Waals surface area contributed by atoms with Gasteiger partial charge in [0.15, 0.2) is 0 Å². The fourth-order valence-corrected chi connectivity index (χ4v) is 3.47. The van der Waals surface area contributed by atoms with Crippen molar-refractivity contribution in [1.82, 2.24) is 19.7 Å². The number of amides is 1. The van der Waals surface area contributed by atoms with E-state index in [-0.39, 0.29) is 24.1 Å². The highest BCUT2D eigenvalue weighted by molar-refractivity contribution is 5.81. The summed E-state index contributed by atoms with van der Waals surface area (Å²) in [5.74, 6) is -0.0859. The van der Waals surface area contributed by atoms with Crippen LogP contribution in [0, 0.1) is 6.92 Å². The van der Waals surface area contributed by atoms with Crippen LogP contribution < -0.4 is 10.9 Å². The Bertz CT molecular complexity index is 767. The summed E-state index contributed by atoms with van der Waals surface area (Å²) in [6.45, 7) is 1.94. The third kappa shape index (κ3) is 3.30. The Morgan fingerprint density at radius 2 is 2.00 bits per heavy atom. The van der Waals surface area contributed by atoms with E-state index in [0.717, 1.165) is 23.9 Å². The van der Waals surface area contributed by atoms with Crippen molar-refractivity contribution < 1.29 is 4.79 Å². The monoisotopic (exact) mass is 316 g/mol. The third-order valence-corrected chi connectivity index (χ3v) is 4.69. The molecule has 0 saturated heterocycles. The molecule has 1 aliphatic rings. The van der Waals surface area contributed by atoms with Gasteiger partial charge in [-0.05, 0) is 25.8 Å². The lowest BCUT2D eigenvalue weighted by atomic mass is 10.1. The zero-order valence-electron chi connectivity index (χ0n) is 13.8. The first-order valence-electron chi connectivity index (χ1n) is 8.38. The quantitative estimate of drug-likeness (QED) is 0.879. The molecule has 0 aromatic carbocycles. The largest absolute Gasteiger partial charge is 0.352 e. The van der Waals surface area contributed by atoms with E-state index >= 15 is 0 Å². The molecule has 2 aromatic rings. The van der Waals surface area contributed by atoms with E-state index in [2.05, 4.69) is 10.4 Å². The Morgan fingerprint density at radius 1 is 1.30 bits per heavy atom. The van der Waals surface area contributed by atoms with Crippen LogP contribution >= 0.6 is 0 Å². The first-order valence-corrected chi connectivity index (χ1v) is 8.38. The molecule has 2 heterocycles. The van der Waals surface area contributed by atoms with Gasteiger partial charge in [0.1, 0.15) is 12.1 Å². The topological polar surface area (TPSA) is 68.9 Å². The van der Waals surface area contributed by atoms with Crippen molar-refractivity contribution in [2.75, 3.05) is 0 Å². The third-order valence-electron chi connectivity index (χ3n) is 4.69. The second-order valence-corrected chi connectivity index (χ2v) is 6.48. The van der Waals surface area contributed by atoms with Crippen molar-refractivity contribution in [3.63, 3.8) is 0 Å². The summed E-state index contributed by atoms with van der Waals surface area (Å²) in [5.41, 5.74) is 1.21. The van der Waals surface area contributed by atoms with Crippen LogP contribution in [0.1, 0.15) is 44.2 Å². The van der Waals surface area contributed by atoms with Gasteiger partial charge in [-0.25, -0.2) is 0 Å². The van der Waals surface area contributed by atoms with Gasteiger partial charge in [0.05, 0.1) is 5.69 Å². The Balaban J connectivity index is 1.76. The number of fused-ring (bicyclic) bond motifs is 1. The average Bonchev–Trinajstić information content (AvgIpc) is 2.68. The molecule has 1 saturated carbocycles. The summed E-state index contributed by atoms with van der Waals surface area (Å²) in [6.07, 6.45) is 8.62. The number of nitrogens with one attached hydrogen (secondary N) is 1. The second-order valence-electron chi connectivity index (χ2n) is 6.48. The minimum atomic E-state index is -0.165. The van der Waals surface area contributed by atoms with E-state index in [9.17, 15) is 9.59 Å². The Hall–Kier alpha value is -2.11. The van der Waals surface area contributed by atoms with Gasteiger partial charge < -0.3 is 9.88 Å². The summed E-state index contributed by atoms with van der Waals surface area (Å²) in [6, 6.07) is 2.11. The molecule has 0 spiro atoms. The van der Waals surface area contributed by atoms with E-state index in [1.165, 1.54) is 30.3 Å². The molecule has 0 atom stereocenters. The number of aromatic nitrogens is 3. The SMILES string of the molecule is Cc1nn(C)c2c(=O)n(CC(=O)NC3CCCCCC3)ccc12. The lowest BCUT2D eigenvalue weighted by molar-refractivity contribution is -0.122. The lowest BCUT2D eigenvalue weighted by Gasteiger charge is -2.16. The summed E-state index contributed by atoms with van der Waals surface area (Å²) >= 11 is 0. The predicted molar refractivity (Wildman–Crippen MR) is 89.3 cm³/mol. The number of carbonyl (C=O) groups excluding carboxylic acids is 1. The van der Waals surface area contributed by atoms with Crippen LogP contribution in [-0.4, -0.2) is 26.3 Å². The molecule has 1 N–H and O–H groups in total. The zero-order chi connectivity index (χ0) is 16.4. The molecule has 1 aliphatic carbocycles. The van der Waals surface area contributed by atoms with Crippen LogP contribution in [-0.2, 0) is 18.4 Å². The highest BCUT2D eigenvalue weighted by Gasteiger charge is 2.16. The molecule has 23 heavy (non-hydrogen) atoms. The highest BCUT2D eigenvalue weighted by Crippen LogP contribution is 2.17. The van der Waals surface area contributed by atoms with Crippen LogP contribution in [0.4, 0.5) is 0 Å². The molecule has 3 rings (SSSR count). The summed E-state index contributed by atoms with van der Waals surface area (Å²) < 4.78 is 3.06. The number of nitrogens with zero attached hydrogens (tertiary/aromatic N) is 3. The molecular weight excluding hydrogens is 292 g/mol. The Morgan fingerprint density at radius 3 is 2.70 bits per heavy atom. The van der Waals surface area contributed by atoms with Crippen molar-refractivity contribution in [3.05, 3.63) is 28.3 Å². The minimum Gasteiger partial charge on any atom is -0.352 e. The number of pyridine rings is 1.